The van der Waals surface area contributed by atoms with E-state index in [0.717, 1.165) is 35.3 Å². The van der Waals surface area contributed by atoms with Crippen molar-refractivity contribution in [1.29, 1.82) is 0 Å². The molecule has 23 heavy (non-hydrogen) atoms. The zero-order valence-electron chi connectivity index (χ0n) is 13.7. The lowest BCUT2D eigenvalue weighted by atomic mass is 10.1. The molecule has 1 amide bonds. The van der Waals surface area contributed by atoms with Gasteiger partial charge in [0.05, 0.1) is 10.7 Å². The van der Waals surface area contributed by atoms with Crippen LogP contribution in [0.3, 0.4) is 0 Å². The fourth-order valence-corrected chi connectivity index (χ4v) is 2.69. The molecule has 0 fully saturated rings. The maximum absolute atomic E-state index is 12.1. The molecule has 2 rings (SSSR count). The summed E-state index contributed by atoms with van der Waals surface area (Å²) in [5, 5.41) is 6.80. The SMILES string of the molecule is CCCCNC(=O)c1cc(Nc2c(C)cc(C)cc2Cl)ccn1. The molecule has 122 valence electrons. The number of unbranched alkanes of at least 4 members (excludes halogenated alkanes) is 1. The van der Waals surface area contributed by atoms with Crippen LogP contribution in [0.4, 0.5) is 11.4 Å². The first kappa shape index (κ1) is 17.3. The molecule has 2 N–H and O–H groups in total. The first-order valence-corrected chi connectivity index (χ1v) is 8.17. The maximum Gasteiger partial charge on any atom is 0.269 e. The number of pyridine rings is 1. The molecule has 1 heterocycles. The van der Waals surface area contributed by atoms with Gasteiger partial charge in [0.2, 0.25) is 0 Å². The first-order chi connectivity index (χ1) is 11.0. The van der Waals surface area contributed by atoms with Crippen molar-refractivity contribution in [3.05, 3.63) is 52.3 Å². The quantitative estimate of drug-likeness (QED) is 0.759. The summed E-state index contributed by atoms with van der Waals surface area (Å²) in [6, 6.07) is 7.53. The van der Waals surface area contributed by atoms with Crippen LogP contribution in [-0.2, 0) is 0 Å². The number of rotatable bonds is 6. The summed E-state index contributed by atoms with van der Waals surface area (Å²) in [6.07, 6.45) is 3.62. The maximum atomic E-state index is 12.1. The summed E-state index contributed by atoms with van der Waals surface area (Å²) >= 11 is 6.31. The molecular weight excluding hydrogens is 310 g/mol. The van der Waals surface area contributed by atoms with Crippen LogP contribution in [0.5, 0.6) is 0 Å². The molecular formula is C18H22ClN3O. The van der Waals surface area contributed by atoms with Gasteiger partial charge < -0.3 is 10.6 Å². The van der Waals surface area contributed by atoms with Crippen molar-refractivity contribution in [2.24, 2.45) is 0 Å². The largest absolute Gasteiger partial charge is 0.354 e. The van der Waals surface area contributed by atoms with Crippen LogP contribution in [-0.4, -0.2) is 17.4 Å². The zero-order chi connectivity index (χ0) is 16.8. The Morgan fingerprint density at radius 3 is 2.74 bits per heavy atom. The van der Waals surface area contributed by atoms with E-state index in [0.29, 0.717) is 17.3 Å². The lowest BCUT2D eigenvalue weighted by Gasteiger charge is -2.13. The lowest BCUT2D eigenvalue weighted by Crippen LogP contribution is -2.25. The van der Waals surface area contributed by atoms with Crippen molar-refractivity contribution in [3.63, 3.8) is 0 Å². The number of hydrogen-bond donors (Lipinski definition) is 2. The molecule has 2 aromatic rings. The number of nitrogens with zero attached hydrogens (tertiary/aromatic N) is 1. The molecule has 0 spiro atoms. The highest BCUT2D eigenvalue weighted by Crippen LogP contribution is 2.30. The van der Waals surface area contributed by atoms with Crippen molar-refractivity contribution >= 4 is 28.9 Å². The first-order valence-electron chi connectivity index (χ1n) is 7.79. The second-order valence-electron chi connectivity index (χ2n) is 5.60. The third-order valence-electron chi connectivity index (χ3n) is 3.51. The Morgan fingerprint density at radius 2 is 2.04 bits per heavy atom. The van der Waals surface area contributed by atoms with E-state index in [4.69, 9.17) is 11.6 Å². The van der Waals surface area contributed by atoms with E-state index in [1.54, 1.807) is 12.3 Å². The predicted molar refractivity (Wildman–Crippen MR) is 95.7 cm³/mol. The van der Waals surface area contributed by atoms with E-state index in [1.807, 2.05) is 26.0 Å². The molecule has 5 heteroatoms. The molecule has 0 bridgehead atoms. The van der Waals surface area contributed by atoms with E-state index in [1.165, 1.54) is 0 Å². The topological polar surface area (TPSA) is 54.0 Å². The van der Waals surface area contributed by atoms with Crippen molar-refractivity contribution in [2.75, 3.05) is 11.9 Å². The highest BCUT2D eigenvalue weighted by molar-refractivity contribution is 6.33. The minimum Gasteiger partial charge on any atom is -0.354 e. The monoisotopic (exact) mass is 331 g/mol. The lowest BCUT2D eigenvalue weighted by molar-refractivity contribution is 0.0948. The summed E-state index contributed by atoms with van der Waals surface area (Å²) in [6.45, 7) is 6.76. The van der Waals surface area contributed by atoms with Gasteiger partial charge >= 0.3 is 0 Å². The molecule has 0 saturated heterocycles. The van der Waals surface area contributed by atoms with E-state index in [-0.39, 0.29) is 5.91 Å². The number of benzene rings is 1. The van der Waals surface area contributed by atoms with Crippen LogP contribution in [0.1, 0.15) is 41.4 Å². The van der Waals surface area contributed by atoms with Crippen LogP contribution < -0.4 is 10.6 Å². The number of carbonyl (C=O) groups is 1. The van der Waals surface area contributed by atoms with Crippen molar-refractivity contribution < 1.29 is 4.79 Å². The normalized spacial score (nSPS) is 10.4. The summed E-state index contributed by atoms with van der Waals surface area (Å²) in [5.41, 5.74) is 4.20. The number of amides is 1. The molecule has 0 unspecified atom stereocenters. The molecule has 0 saturated carbocycles. The van der Waals surface area contributed by atoms with Crippen LogP contribution in [0.15, 0.2) is 30.5 Å². The molecule has 1 aromatic carbocycles. The predicted octanol–water partition coefficient (Wildman–Crippen LogP) is 4.63. The number of nitrogens with one attached hydrogen (secondary N) is 2. The number of anilines is 2. The Kier molecular flexibility index (Phi) is 5.99. The van der Waals surface area contributed by atoms with Gasteiger partial charge in [-0.25, -0.2) is 0 Å². The second-order valence-corrected chi connectivity index (χ2v) is 6.01. The molecule has 1 aromatic heterocycles. The smallest absolute Gasteiger partial charge is 0.269 e. The third-order valence-corrected chi connectivity index (χ3v) is 3.81. The Hall–Kier alpha value is -2.07. The van der Waals surface area contributed by atoms with E-state index in [2.05, 4.69) is 28.6 Å². The highest BCUT2D eigenvalue weighted by Gasteiger charge is 2.10. The molecule has 0 aliphatic carbocycles. The van der Waals surface area contributed by atoms with Crippen LogP contribution in [0, 0.1) is 13.8 Å². The Morgan fingerprint density at radius 1 is 1.26 bits per heavy atom. The Labute approximate surface area is 142 Å². The van der Waals surface area contributed by atoms with Gasteiger partial charge in [-0.2, -0.15) is 0 Å². The summed E-state index contributed by atoms with van der Waals surface area (Å²) < 4.78 is 0. The summed E-state index contributed by atoms with van der Waals surface area (Å²) in [7, 11) is 0. The van der Waals surface area contributed by atoms with Crippen molar-refractivity contribution in [1.82, 2.24) is 10.3 Å². The van der Waals surface area contributed by atoms with Gasteiger partial charge in [0.25, 0.3) is 5.91 Å². The van der Waals surface area contributed by atoms with Gasteiger partial charge in [-0.3, -0.25) is 9.78 Å². The van der Waals surface area contributed by atoms with Gasteiger partial charge in [-0.15, -0.1) is 0 Å². The van der Waals surface area contributed by atoms with Gasteiger partial charge in [-0.05, 0) is 49.6 Å². The standard InChI is InChI=1S/C18H22ClN3O/c1-4-5-7-21-18(23)16-11-14(6-8-20-16)22-17-13(3)9-12(2)10-15(17)19/h6,8-11H,4-5,7H2,1-3H3,(H,20,22)(H,21,23). The van der Waals surface area contributed by atoms with Gasteiger partial charge in [0.1, 0.15) is 5.69 Å². The average Bonchev–Trinajstić information content (AvgIpc) is 2.51. The summed E-state index contributed by atoms with van der Waals surface area (Å²) in [4.78, 5) is 16.2. The van der Waals surface area contributed by atoms with Gasteiger partial charge in [0, 0.05) is 18.4 Å². The third kappa shape index (κ3) is 4.70. The zero-order valence-corrected chi connectivity index (χ0v) is 14.5. The highest BCUT2D eigenvalue weighted by atomic mass is 35.5. The number of carbonyl (C=O) groups excluding carboxylic acids is 1. The number of aromatic nitrogens is 1. The van der Waals surface area contributed by atoms with E-state index < -0.39 is 0 Å². The minimum atomic E-state index is -0.158. The van der Waals surface area contributed by atoms with Crippen LogP contribution in [0.2, 0.25) is 5.02 Å². The van der Waals surface area contributed by atoms with Crippen LogP contribution >= 0.6 is 11.6 Å². The molecule has 4 nitrogen and oxygen atoms in total. The minimum absolute atomic E-state index is 0.158. The molecule has 0 atom stereocenters. The number of aryl methyl sites for hydroxylation is 2. The second kappa shape index (κ2) is 7.97. The van der Waals surface area contributed by atoms with Gasteiger partial charge in [-0.1, -0.05) is 31.0 Å². The fourth-order valence-electron chi connectivity index (χ4n) is 2.32. The number of hydrogen-bond acceptors (Lipinski definition) is 3. The Balaban J connectivity index is 2.16. The van der Waals surface area contributed by atoms with E-state index in [9.17, 15) is 4.79 Å². The molecule has 0 aliphatic rings. The van der Waals surface area contributed by atoms with E-state index >= 15 is 0 Å². The number of halogens is 1. The van der Waals surface area contributed by atoms with Crippen LogP contribution in [0.25, 0.3) is 0 Å². The average molecular weight is 332 g/mol. The van der Waals surface area contributed by atoms with Gasteiger partial charge in [0.15, 0.2) is 0 Å². The Bertz CT molecular complexity index is 677. The molecule has 0 aliphatic heterocycles. The van der Waals surface area contributed by atoms with Crippen molar-refractivity contribution in [2.45, 2.75) is 33.6 Å². The summed E-state index contributed by atoms with van der Waals surface area (Å²) in [5.74, 6) is -0.158. The van der Waals surface area contributed by atoms with Crippen molar-refractivity contribution in [3.8, 4) is 0 Å². The fraction of sp³-hybridized carbons (Fsp3) is 0.333. The molecule has 0 radical (unpaired) electrons.